The molecule has 0 aliphatic rings. The summed E-state index contributed by atoms with van der Waals surface area (Å²) in [5.41, 5.74) is 5.53. The van der Waals surface area contributed by atoms with Gasteiger partial charge in [-0.15, -0.1) is 6.42 Å². The maximum Gasteiger partial charge on any atom is 0.161 e. The molecule has 10 heavy (non-hydrogen) atoms. The molecule has 0 fully saturated rings. The van der Waals surface area contributed by atoms with Crippen molar-refractivity contribution in [2.75, 3.05) is 5.73 Å². The van der Waals surface area contributed by atoms with Crippen molar-refractivity contribution in [2.45, 2.75) is 0 Å². The van der Waals surface area contributed by atoms with Crippen LogP contribution in [0.5, 0.6) is 0 Å². The molecule has 0 aliphatic carbocycles. The fourth-order valence-electron chi connectivity index (χ4n) is 0.661. The molecule has 0 radical (unpaired) electrons. The molecule has 1 aromatic carbocycles. The van der Waals surface area contributed by atoms with Crippen molar-refractivity contribution in [3.8, 4) is 12.3 Å². The fraction of sp³-hybridized carbons (Fsp3) is 0. The maximum absolute atomic E-state index is 12.7. The summed E-state index contributed by atoms with van der Waals surface area (Å²) in [6.07, 6.45) is 4.97. The summed E-state index contributed by atoms with van der Waals surface area (Å²) in [5, 5.41) is 0. The number of halogens is 1. The number of rotatable bonds is 0. The number of nitrogen functional groups attached to an aromatic ring is 1. The first-order chi connectivity index (χ1) is 4.75. The Hall–Kier alpha value is -1.49. The smallest absolute Gasteiger partial charge is 0.161 e. The Labute approximate surface area is 58.7 Å². The van der Waals surface area contributed by atoms with E-state index >= 15 is 0 Å². The van der Waals surface area contributed by atoms with Gasteiger partial charge < -0.3 is 5.73 Å². The van der Waals surface area contributed by atoms with Crippen LogP contribution in [0.25, 0.3) is 0 Å². The van der Waals surface area contributed by atoms with Gasteiger partial charge in [-0.05, 0) is 12.1 Å². The maximum atomic E-state index is 12.7. The summed E-state index contributed by atoms with van der Waals surface area (Å²) in [7, 11) is 0. The zero-order valence-electron chi connectivity index (χ0n) is 5.26. The van der Waals surface area contributed by atoms with Gasteiger partial charge in [0.1, 0.15) is 0 Å². The average molecular weight is 135 g/mol. The molecule has 0 spiro atoms. The minimum Gasteiger partial charge on any atom is -0.396 e. The molecule has 0 heterocycles. The van der Waals surface area contributed by atoms with Gasteiger partial charge in [-0.1, -0.05) is 12.0 Å². The molecule has 0 saturated heterocycles. The molecule has 1 nitrogen and oxygen atoms in total. The van der Waals surface area contributed by atoms with E-state index in [1.807, 2.05) is 0 Å². The summed E-state index contributed by atoms with van der Waals surface area (Å²) in [6.45, 7) is 0. The van der Waals surface area contributed by atoms with Crippen LogP contribution in [0.15, 0.2) is 18.2 Å². The summed E-state index contributed by atoms with van der Waals surface area (Å²) < 4.78 is 12.7. The van der Waals surface area contributed by atoms with Gasteiger partial charge in [0.2, 0.25) is 0 Å². The highest BCUT2D eigenvalue weighted by Crippen LogP contribution is 2.12. The minimum atomic E-state index is -0.509. The van der Waals surface area contributed by atoms with Gasteiger partial charge in [-0.3, -0.25) is 0 Å². The van der Waals surface area contributed by atoms with E-state index in [9.17, 15) is 4.39 Å². The Morgan fingerprint density at radius 1 is 1.50 bits per heavy atom. The lowest BCUT2D eigenvalue weighted by atomic mass is 10.2. The highest BCUT2D eigenvalue weighted by atomic mass is 19.1. The molecule has 0 amide bonds. The van der Waals surface area contributed by atoms with E-state index in [1.165, 1.54) is 12.1 Å². The first-order valence-electron chi connectivity index (χ1n) is 2.76. The third kappa shape index (κ3) is 0.939. The molecular weight excluding hydrogens is 129 g/mol. The number of terminal acetylenes is 1. The van der Waals surface area contributed by atoms with Crippen molar-refractivity contribution in [2.24, 2.45) is 0 Å². The predicted molar refractivity (Wildman–Crippen MR) is 38.7 cm³/mol. The molecule has 2 N–H and O–H groups in total. The Morgan fingerprint density at radius 3 is 2.70 bits per heavy atom. The van der Waals surface area contributed by atoms with E-state index < -0.39 is 5.82 Å². The average Bonchev–Trinajstić information content (AvgIpc) is 1.95. The first-order valence-corrected chi connectivity index (χ1v) is 2.76. The van der Waals surface area contributed by atoms with Gasteiger partial charge in [0.05, 0.1) is 11.3 Å². The lowest BCUT2D eigenvalue weighted by Crippen LogP contribution is -1.92. The molecule has 1 rings (SSSR count). The lowest BCUT2D eigenvalue weighted by Gasteiger charge is -1.96. The van der Waals surface area contributed by atoms with Gasteiger partial charge >= 0.3 is 0 Å². The topological polar surface area (TPSA) is 26.0 Å². The third-order valence-electron chi connectivity index (χ3n) is 1.18. The van der Waals surface area contributed by atoms with Crippen molar-refractivity contribution >= 4 is 5.69 Å². The van der Waals surface area contributed by atoms with Crippen LogP contribution < -0.4 is 5.73 Å². The van der Waals surface area contributed by atoms with Crippen molar-refractivity contribution < 1.29 is 4.39 Å². The zero-order valence-corrected chi connectivity index (χ0v) is 5.26. The van der Waals surface area contributed by atoms with E-state index in [1.54, 1.807) is 6.07 Å². The van der Waals surface area contributed by atoms with Crippen LogP contribution in [-0.4, -0.2) is 0 Å². The van der Waals surface area contributed by atoms with E-state index in [0.717, 1.165) is 0 Å². The van der Waals surface area contributed by atoms with Gasteiger partial charge in [0.25, 0.3) is 0 Å². The second-order valence-electron chi connectivity index (χ2n) is 1.85. The third-order valence-corrected chi connectivity index (χ3v) is 1.18. The van der Waals surface area contributed by atoms with Gasteiger partial charge in [-0.2, -0.15) is 0 Å². The van der Waals surface area contributed by atoms with Gasteiger partial charge in [0, 0.05) is 0 Å². The van der Waals surface area contributed by atoms with E-state index in [0.29, 0.717) is 0 Å². The quantitative estimate of drug-likeness (QED) is 0.422. The van der Waals surface area contributed by atoms with Crippen molar-refractivity contribution in [3.63, 3.8) is 0 Å². The number of hydrogen-bond donors (Lipinski definition) is 1. The molecule has 0 bridgehead atoms. The van der Waals surface area contributed by atoms with Crippen molar-refractivity contribution in [3.05, 3.63) is 29.6 Å². The molecule has 1 aromatic rings. The summed E-state index contributed by atoms with van der Waals surface area (Å²) in [4.78, 5) is 0. The Kier molecular flexibility index (Phi) is 1.59. The summed E-state index contributed by atoms with van der Waals surface area (Å²) in [5.74, 6) is 1.67. The lowest BCUT2D eigenvalue weighted by molar-refractivity contribution is 0.629. The second kappa shape index (κ2) is 2.40. The number of benzene rings is 1. The van der Waals surface area contributed by atoms with Crippen molar-refractivity contribution in [1.82, 2.24) is 0 Å². The summed E-state index contributed by atoms with van der Waals surface area (Å²) >= 11 is 0. The zero-order chi connectivity index (χ0) is 7.56. The molecule has 0 unspecified atom stereocenters. The molecule has 0 atom stereocenters. The van der Waals surface area contributed by atoms with Crippen molar-refractivity contribution in [1.29, 1.82) is 0 Å². The standard InChI is InChI=1S/C8H6FN/c1-2-6-4-3-5-7(10)8(6)9/h1,3-5H,10H2. The van der Waals surface area contributed by atoms with Crippen LogP contribution in [0.3, 0.4) is 0 Å². The minimum absolute atomic E-state index is 0.0930. The van der Waals surface area contributed by atoms with Crippen LogP contribution in [0.2, 0.25) is 0 Å². The molecule has 50 valence electrons. The number of anilines is 1. The molecule has 0 aromatic heterocycles. The van der Waals surface area contributed by atoms with Gasteiger partial charge in [0.15, 0.2) is 5.82 Å². The van der Waals surface area contributed by atoms with Crippen LogP contribution in [-0.2, 0) is 0 Å². The van der Waals surface area contributed by atoms with Crippen LogP contribution in [0.4, 0.5) is 10.1 Å². The molecule has 0 aliphatic heterocycles. The van der Waals surface area contributed by atoms with E-state index in [-0.39, 0.29) is 11.3 Å². The highest BCUT2D eigenvalue weighted by Gasteiger charge is 2.00. The normalized spacial score (nSPS) is 8.80. The molecule has 0 saturated carbocycles. The van der Waals surface area contributed by atoms with Crippen LogP contribution in [0, 0.1) is 18.2 Å². The van der Waals surface area contributed by atoms with Crippen LogP contribution >= 0.6 is 0 Å². The van der Waals surface area contributed by atoms with E-state index in [4.69, 9.17) is 12.2 Å². The van der Waals surface area contributed by atoms with Crippen LogP contribution in [0.1, 0.15) is 5.56 Å². The first kappa shape index (κ1) is 6.63. The molecule has 2 heteroatoms. The second-order valence-corrected chi connectivity index (χ2v) is 1.85. The molecular formula is C8H6FN. The monoisotopic (exact) mass is 135 g/mol. The Balaban J connectivity index is 3.31. The SMILES string of the molecule is C#Cc1cccc(N)c1F. The number of nitrogens with two attached hydrogens (primary N) is 1. The van der Waals surface area contributed by atoms with E-state index in [2.05, 4.69) is 5.92 Å². The predicted octanol–water partition coefficient (Wildman–Crippen LogP) is 1.39. The Bertz CT molecular complexity index is 286. The summed E-state index contributed by atoms with van der Waals surface area (Å²) in [6, 6.07) is 4.59. The number of hydrogen-bond acceptors (Lipinski definition) is 1. The Morgan fingerprint density at radius 2 is 2.20 bits per heavy atom. The largest absolute Gasteiger partial charge is 0.396 e. The van der Waals surface area contributed by atoms with Gasteiger partial charge in [-0.25, -0.2) is 4.39 Å². The fourth-order valence-corrected chi connectivity index (χ4v) is 0.661. The highest BCUT2D eigenvalue weighted by molar-refractivity contribution is 5.48.